The lowest BCUT2D eigenvalue weighted by Crippen LogP contribution is -2.24. The maximum atomic E-state index is 12.4. The van der Waals surface area contributed by atoms with Crippen molar-refractivity contribution >= 4 is 27.5 Å². The maximum Gasteiger partial charge on any atom is 0.257 e. The zero-order chi connectivity index (χ0) is 16.9. The summed E-state index contributed by atoms with van der Waals surface area (Å²) in [7, 11) is 1.57. The summed E-state index contributed by atoms with van der Waals surface area (Å²) < 4.78 is 13.4. The van der Waals surface area contributed by atoms with Crippen LogP contribution in [0.5, 0.6) is 5.75 Å². The lowest BCUT2D eigenvalue weighted by Gasteiger charge is -2.22. The summed E-state index contributed by atoms with van der Waals surface area (Å²) in [5, 5.41) is 7.16. The van der Waals surface area contributed by atoms with E-state index in [1.807, 2.05) is 10.9 Å². The first kappa shape index (κ1) is 17.0. The normalized spacial score (nSPS) is 17.5. The summed E-state index contributed by atoms with van der Waals surface area (Å²) in [5.74, 6) is 0.419. The number of hydrogen-bond acceptors (Lipinski definition) is 4. The van der Waals surface area contributed by atoms with Crippen molar-refractivity contribution in [2.24, 2.45) is 0 Å². The topological polar surface area (TPSA) is 65.4 Å². The van der Waals surface area contributed by atoms with Gasteiger partial charge >= 0.3 is 0 Å². The molecule has 1 aliphatic heterocycles. The second-order valence-corrected chi connectivity index (χ2v) is 6.59. The third kappa shape index (κ3) is 4.15. The van der Waals surface area contributed by atoms with Gasteiger partial charge in [0.05, 0.1) is 37.2 Å². The summed E-state index contributed by atoms with van der Waals surface area (Å²) in [6.45, 7) is 1.53. The lowest BCUT2D eigenvalue weighted by atomic mass is 10.1. The Morgan fingerprint density at radius 2 is 2.38 bits per heavy atom. The van der Waals surface area contributed by atoms with Crippen LogP contribution < -0.4 is 10.1 Å². The second kappa shape index (κ2) is 7.81. The van der Waals surface area contributed by atoms with Gasteiger partial charge in [-0.05, 0) is 53.4 Å². The molecule has 7 heteroatoms. The predicted octanol–water partition coefficient (Wildman–Crippen LogP) is 3.48. The number of halogens is 1. The molecular formula is C17H20BrN3O3. The Kier molecular flexibility index (Phi) is 5.52. The predicted molar refractivity (Wildman–Crippen MR) is 94.5 cm³/mol. The molecule has 1 saturated heterocycles. The lowest BCUT2D eigenvalue weighted by molar-refractivity contribution is 0.00401. The number of carbonyl (C=O) groups excluding carboxylic acids is 1. The molecule has 2 heterocycles. The van der Waals surface area contributed by atoms with Crippen LogP contribution in [0, 0.1) is 0 Å². The zero-order valence-electron chi connectivity index (χ0n) is 13.5. The molecule has 128 valence electrons. The molecule has 0 radical (unpaired) electrons. The Labute approximate surface area is 149 Å². The molecule has 1 unspecified atom stereocenters. The Balaban J connectivity index is 1.64. The summed E-state index contributed by atoms with van der Waals surface area (Å²) in [5.41, 5.74) is 1.17. The summed E-state index contributed by atoms with van der Waals surface area (Å²) >= 11 is 3.39. The van der Waals surface area contributed by atoms with Gasteiger partial charge in [0.1, 0.15) is 5.75 Å². The monoisotopic (exact) mass is 393 g/mol. The minimum Gasteiger partial charge on any atom is -0.497 e. The molecule has 6 nitrogen and oxygen atoms in total. The molecule has 1 fully saturated rings. The van der Waals surface area contributed by atoms with Crippen molar-refractivity contribution in [2.45, 2.75) is 31.9 Å². The number of benzene rings is 1. The van der Waals surface area contributed by atoms with Gasteiger partial charge in [0.15, 0.2) is 0 Å². The largest absolute Gasteiger partial charge is 0.497 e. The van der Waals surface area contributed by atoms with Gasteiger partial charge in [0, 0.05) is 17.3 Å². The van der Waals surface area contributed by atoms with E-state index in [-0.39, 0.29) is 12.0 Å². The summed E-state index contributed by atoms with van der Waals surface area (Å²) in [4.78, 5) is 12.4. The van der Waals surface area contributed by atoms with Gasteiger partial charge in [0.2, 0.25) is 0 Å². The minimum atomic E-state index is -0.214. The van der Waals surface area contributed by atoms with Crippen LogP contribution >= 0.6 is 15.9 Å². The molecule has 0 saturated carbocycles. The van der Waals surface area contributed by atoms with Crippen LogP contribution in [0.25, 0.3) is 0 Å². The van der Waals surface area contributed by atoms with Crippen LogP contribution in [0.2, 0.25) is 0 Å². The van der Waals surface area contributed by atoms with Gasteiger partial charge in [-0.1, -0.05) is 0 Å². The molecule has 1 aromatic carbocycles. The Bertz CT molecular complexity index is 711. The van der Waals surface area contributed by atoms with Crippen molar-refractivity contribution in [3.63, 3.8) is 0 Å². The van der Waals surface area contributed by atoms with Crippen molar-refractivity contribution in [2.75, 3.05) is 19.0 Å². The third-order valence-electron chi connectivity index (χ3n) is 3.97. The van der Waals surface area contributed by atoms with Gasteiger partial charge in [-0.3, -0.25) is 9.48 Å². The number of amides is 1. The Hall–Kier alpha value is -1.86. The van der Waals surface area contributed by atoms with E-state index in [2.05, 4.69) is 26.3 Å². The molecule has 1 amide bonds. The van der Waals surface area contributed by atoms with Crippen molar-refractivity contribution in [3.05, 3.63) is 40.6 Å². The van der Waals surface area contributed by atoms with E-state index in [0.29, 0.717) is 28.0 Å². The van der Waals surface area contributed by atoms with Gasteiger partial charge < -0.3 is 14.8 Å². The van der Waals surface area contributed by atoms with E-state index in [4.69, 9.17) is 9.47 Å². The van der Waals surface area contributed by atoms with Crippen molar-refractivity contribution < 1.29 is 14.3 Å². The average molecular weight is 394 g/mol. The average Bonchev–Trinajstić information content (AvgIpc) is 3.03. The molecule has 1 atom stereocenters. The molecule has 0 spiro atoms. The van der Waals surface area contributed by atoms with E-state index in [9.17, 15) is 4.79 Å². The molecule has 2 aromatic rings. The number of carbonyl (C=O) groups is 1. The van der Waals surface area contributed by atoms with Gasteiger partial charge in [0.25, 0.3) is 5.91 Å². The van der Waals surface area contributed by atoms with Crippen LogP contribution in [-0.4, -0.2) is 35.5 Å². The number of hydrogen-bond donors (Lipinski definition) is 1. The van der Waals surface area contributed by atoms with Crippen molar-refractivity contribution in [3.8, 4) is 5.75 Å². The Morgan fingerprint density at radius 1 is 1.50 bits per heavy atom. The molecule has 3 rings (SSSR count). The highest BCUT2D eigenvalue weighted by molar-refractivity contribution is 9.10. The SMILES string of the molecule is COc1ccc(Br)c(C(=O)Nc2cnn(CC3CCCCO3)c2)c1. The van der Waals surface area contributed by atoms with Crippen molar-refractivity contribution in [1.29, 1.82) is 0 Å². The highest BCUT2D eigenvalue weighted by Gasteiger charge is 2.16. The molecule has 1 aromatic heterocycles. The number of methoxy groups -OCH3 is 1. The molecule has 0 aliphatic carbocycles. The quantitative estimate of drug-likeness (QED) is 0.844. The number of anilines is 1. The summed E-state index contributed by atoms with van der Waals surface area (Å²) in [6, 6.07) is 5.28. The number of aromatic nitrogens is 2. The number of rotatable bonds is 5. The van der Waals surface area contributed by atoms with Gasteiger partial charge in [-0.15, -0.1) is 0 Å². The number of nitrogens with one attached hydrogen (secondary N) is 1. The fraction of sp³-hybridized carbons (Fsp3) is 0.412. The van der Waals surface area contributed by atoms with Crippen LogP contribution in [0.1, 0.15) is 29.6 Å². The fourth-order valence-corrected chi connectivity index (χ4v) is 3.12. The second-order valence-electron chi connectivity index (χ2n) is 5.74. The van der Waals surface area contributed by atoms with Crippen LogP contribution in [0.3, 0.4) is 0 Å². The van der Waals surface area contributed by atoms with Crippen molar-refractivity contribution in [1.82, 2.24) is 9.78 Å². The van der Waals surface area contributed by atoms with Gasteiger partial charge in [-0.2, -0.15) is 5.10 Å². The zero-order valence-corrected chi connectivity index (χ0v) is 15.1. The molecule has 1 N–H and O–H groups in total. The van der Waals surface area contributed by atoms with Crippen LogP contribution in [0.15, 0.2) is 35.1 Å². The smallest absolute Gasteiger partial charge is 0.257 e. The fourth-order valence-electron chi connectivity index (χ4n) is 2.69. The highest BCUT2D eigenvalue weighted by Crippen LogP contribution is 2.23. The van der Waals surface area contributed by atoms with Gasteiger partial charge in [-0.25, -0.2) is 0 Å². The van der Waals surface area contributed by atoms with E-state index in [1.165, 1.54) is 6.42 Å². The minimum absolute atomic E-state index is 0.203. The molecule has 0 bridgehead atoms. The Morgan fingerprint density at radius 3 is 3.12 bits per heavy atom. The van der Waals surface area contributed by atoms with Crippen LogP contribution in [0.4, 0.5) is 5.69 Å². The number of nitrogens with zero attached hydrogens (tertiary/aromatic N) is 2. The van der Waals surface area contributed by atoms with E-state index in [1.54, 1.807) is 31.5 Å². The first-order chi connectivity index (χ1) is 11.7. The summed E-state index contributed by atoms with van der Waals surface area (Å²) in [6.07, 6.45) is 7.05. The van der Waals surface area contributed by atoms with Crippen LogP contribution in [-0.2, 0) is 11.3 Å². The van der Waals surface area contributed by atoms with E-state index < -0.39 is 0 Å². The standard InChI is InChI=1S/C17H20BrN3O3/c1-23-13-5-6-16(18)15(8-13)17(22)20-12-9-19-21(10-12)11-14-4-2-3-7-24-14/h5-6,8-10,14H,2-4,7,11H2,1H3,(H,20,22). The highest BCUT2D eigenvalue weighted by atomic mass is 79.9. The van der Waals surface area contributed by atoms with E-state index >= 15 is 0 Å². The first-order valence-corrected chi connectivity index (χ1v) is 8.74. The third-order valence-corrected chi connectivity index (χ3v) is 4.67. The van der Waals surface area contributed by atoms with E-state index in [0.717, 1.165) is 19.4 Å². The molecular weight excluding hydrogens is 374 g/mol. The molecule has 1 aliphatic rings. The molecule has 24 heavy (non-hydrogen) atoms. The first-order valence-electron chi connectivity index (χ1n) is 7.94. The maximum absolute atomic E-state index is 12.4. The number of ether oxygens (including phenoxy) is 2.